The van der Waals surface area contributed by atoms with Gasteiger partial charge in [-0.1, -0.05) is 30.3 Å². The second-order valence-corrected chi connectivity index (χ2v) is 4.92. The maximum atomic E-state index is 12.0. The van der Waals surface area contributed by atoms with Crippen LogP contribution in [0, 0.1) is 17.2 Å². The molecule has 2 amide bonds. The van der Waals surface area contributed by atoms with Crippen LogP contribution in [0.5, 0.6) is 0 Å². The number of benzene rings is 1. The van der Waals surface area contributed by atoms with Crippen molar-refractivity contribution in [1.82, 2.24) is 10.2 Å². The van der Waals surface area contributed by atoms with Gasteiger partial charge in [-0.25, -0.2) is 0 Å². The van der Waals surface area contributed by atoms with Crippen molar-refractivity contribution in [3.63, 3.8) is 0 Å². The molecule has 0 heterocycles. The predicted octanol–water partition coefficient (Wildman–Crippen LogP) is 1.82. The molecular formula is C17H21N3O2. The first-order valence-corrected chi connectivity index (χ1v) is 7.25. The minimum atomic E-state index is -0.318. The second-order valence-electron chi connectivity index (χ2n) is 4.92. The number of carbonyl (C=O) groups excluding carboxylic acids is 2. The third-order valence-corrected chi connectivity index (χ3v) is 3.09. The molecule has 0 saturated heterocycles. The van der Waals surface area contributed by atoms with E-state index in [-0.39, 0.29) is 24.3 Å². The molecule has 1 rings (SSSR count). The molecule has 0 bridgehead atoms. The maximum Gasteiger partial charge on any atom is 0.244 e. The largest absolute Gasteiger partial charge is 0.343 e. The Morgan fingerprint density at radius 1 is 1.36 bits per heavy atom. The van der Waals surface area contributed by atoms with Crippen LogP contribution in [0.2, 0.25) is 0 Å². The fourth-order valence-electron chi connectivity index (χ4n) is 1.85. The van der Waals surface area contributed by atoms with Crippen LogP contribution in [0.1, 0.15) is 19.4 Å². The summed E-state index contributed by atoms with van der Waals surface area (Å²) in [6.45, 7) is 4.43. The number of carbonyl (C=O) groups is 2. The first-order chi connectivity index (χ1) is 10.6. The number of amides is 2. The molecule has 0 aliphatic carbocycles. The molecule has 0 aliphatic heterocycles. The van der Waals surface area contributed by atoms with E-state index in [4.69, 9.17) is 5.26 Å². The van der Waals surface area contributed by atoms with Crippen molar-refractivity contribution >= 4 is 17.9 Å². The summed E-state index contributed by atoms with van der Waals surface area (Å²) in [5, 5.41) is 11.3. The lowest BCUT2D eigenvalue weighted by atomic mass is 10.2. The van der Waals surface area contributed by atoms with Gasteiger partial charge >= 0.3 is 0 Å². The molecule has 1 N–H and O–H groups in total. The van der Waals surface area contributed by atoms with Crippen molar-refractivity contribution in [2.75, 3.05) is 19.6 Å². The molecule has 0 aliphatic rings. The van der Waals surface area contributed by atoms with Crippen molar-refractivity contribution in [2.45, 2.75) is 13.8 Å². The monoisotopic (exact) mass is 299 g/mol. The van der Waals surface area contributed by atoms with E-state index in [0.717, 1.165) is 5.56 Å². The molecule has 0 aromatic heterocycles. The van der Waals surface area contributed by atoms with Gasteiger partial charge in [0, 0.05) is 19.2 Å². The van der Waals surface area contributed by atoms with Crippen LogP contribution in [-0.4, -0.2) is 36.3 Å². The van der Waals surface area contributed by atoms with Crippen molar-refractivity contribution in [3.8, 4) is 6.07 Å². The van der Waals surface area contributed by atoms with E-state index >= 15 is 0 Å². The quantitative estimate of drug-likeness (QED) is 0.781. The molecule has 22 heavy (non-hydrogen) atoms. The fourth-order valence-corrected chi connectivity index (χ4v) is 1.85. The SMILES string of the molecule is CCN(C[C@@H](C)C#N)C(=O)CNC(=O)/C=C/c1ccccc1. The molecule has 0 saturated carbocycles. The highest BCUT2D eigenvalue weighted by atomic mass is 16.2. The molecule has 0 radical (unpaired) electrons. The number of nitriles is 1. The zero-order valence-corrected chi connectivity index (χ0v) is 13.0. The number of hydrogen-bond acceptors (Lipinski definition) is 3. The standard InChI is InChI=1S/C17H21N3O2/c1-3-20(13-14(2)11-18)17(22)12-19-16(21)10-9-15-7-5-4-6-8-15/h4-10,14H,3,12-13H2,1-2H3,(H,19,21)/b10-9+/t14-/m0/s1. The van der Waals surface area contributed by atoms with Crippen LogP contribution in [0.15, 0.2) is 36.4 Å². The van der Waals surface area contributed by atoms with Crippen molar-refractivity contribution in [2.24, 2.45) is 5.92 Å². The van der Waals surface area contributed by atoms with Crippen LogP contribution in [0.25, 0.3) is 6.08 Å². The van der Waals surface area contributed by atoms with Gasteiger partial charge in [0.15, 0.2) is 0 Å². The summed E-state index contributed by atoms with van der Waals surface area (Å²) in [7, 11) is 0. The highest BCUT2D eigenvalue weighted by Gasteiger charge is 2.14. The van der Waals surface area contributed by atoms with Crippen LogP contribution >= 0.6 is 0 Å². The van der Waals surface area contributed by atoms with E-state index in [1.165, 1.54) is 6.08 Å². The minimum Gasteiger partial charge on any atom is -0.343 e. The molecule has 0 spiro atoms. The molecule has 1 aromatic rings. The Morgan fingerprint density at radius 2 is 2.05 bits per heavy atom. The summed E-state index contributed by atoms with van der Waals surface area (Å²) >= 11 is 0. The first kappa shape index (κ1) is 17.4. The zero-order valence-electron chi connectivity index (χ0n) is 13.0. The summed E-state index contributed by atoms with van der Waals surface area (Å²) in [4.78, 5) is 25.2. The Labute approximate surface area is 131 Å². The van der Waals surface area contributed by atoms with Gasteiger partial charge in [-0.3, -0.25) is 9.59 Å². The summed E-state index contributed by atoms with van der Waals surface area (Å²) in [6, 6.07) is 11.5. The van der Waals surface area contributed by atoms with Gasteiger partial charge in [0.05, 0.1) is 18.5 Å². The van der Waals surface area contributed by atoms with E-state index < -0.39 is 0 Å². The summed E-state index contributed by atoms with van der Waals surface area (Å²) in [5.41, 5.74) is 0.919. The predicted molar refractivity (Wildman–Crippen MR) is 85.5 cm³/mol. The fraction of sp³-hybridized carbons (Fsp3) is 0.353. The molecule has 0 unspecified atom stereocenters. The molecule has 5 nitrogen and oxygen atoms in total. The first-order valence-electron chi connectivity index (χ1n) is 7.25. The lowest BCUT2D eigenvalue weighted by molar-refractivity contribution is -0.132. The number of hydrogen-bond donors (Lipinski definition) is 1. The van der Waals surface area contributed by atoms with Gasteiger partial charge in [-0.05, 0) is 25.5 Å². The Hall–Kier alpha value is -2.61. The van der Waals surface area contributed by atoms with Gasteiger partial charge < -0.3 is 10.2 Å². The Morgan fingerprint density at radius 3 is 2.64 bits per heavy atom. The van der Waals surface area contributed by atoms with E-state index in [2.05, 4.69) is 11.4 Å². The Bertz CT molecular complexity index is 561. The highest BCUT2D eigenvalue weighted by Crippen LogP contribution is 2.01. The zero-order chi connectivity index (χ0) is 16.4. The van der Waals surface area contributed by atoms with Crippen molar-refractivity contribution in [3.05, 3.63) is 42.0 Å². The smallest absolute Gasteiger partial charge is 0.244 e. The lowest BCUT2D eigenvalue weighted by Crippen LogP contribution is -2.41. The molecule has 5 heteroatoms. The average Bonchev–Trinajstić information content (AvgIpc) is 2.56. The average molecular weight is 299 g/mol. The van der Waals surface area contributed by atoms with E-state index in [0.29, 0.717) is 13.1 Å². The molecule has 1 atom stereocenters. The molecule has 1 aromatic carbocycles. The van der Waals surface area contributed by atoms with E-state index in [9.17, 15) is 9.59 Å². The van der Waals surface area contributed by atoms with Crippen LogP contribution < -0.4 is 5.32 Å². The molecule has 0 fully saturated rings. The van der Waals surface area contributed by atoms with Crippen molar-refractivity contribution in [1.29, 1.82) is 5.26 Å². The normalized spacial score (nSPS) is 11.7. The highest BCUT2D eigenvalue weighted by molar-refractivity contribution is 5.94. The number of nitrogens with one attached hydrogen (secondary N) is 1. The summed E-state index contributed by atoms with van der Waals surface area (Å²) < 4.78 is 0. The number of nitrogens with zero attached hydrogens (tertiary/aromatic N) is 2. The number of rotatable bonds is 7. The van der Waals surface area contributed by atoms with Gasteiger partial charge in [0.1, 0.15) is 0 Å². The third kappa shape index (κ3) is 6.23. The van der Waals surface area contributed by atoms with E-state index in [1.807, 2.05) is 37.3 Å². The molecular weight excluding hydrogens is 278 g/mol. The third-order valence-electron chi connectivity index (χ3n) is 3.09. The van der Waals surface area contributed by atoms with Crippen LogP contribution in [-0.2, 0) is 9.59 Å². The molecule has 116 valence electrons. The van der Waals surface area contributed by atoms with Crippen LogP contribution in [0.3, 0.4) is 0 Å². The number of likely N-dealkylation sites (N-methyl/N-ethyl adjacent to an activating group) is 1. The van der Waals surface area contributed by atoms with Gasteiger partial charge in [-0.15, -0.1) is 0 Å². The van der Waals surface area contributed by atoms with Gasteiger partial charge in [0.2, 0.25) is 11.8 Å². The summed E-state index contributed by atoms with van der Waals surface area (Å²) in [6.07, 6.45) is 3.09. The second kappa shape index (κ2) is 9.35. The Kier molecular flexibility index (Phi) is 7.41. The lowest BCUT2D eigenvalue weighted by Gasteiger charge is -2.21. The minimum absolute atomic E-state index is 0.0655. The van der Waals surface area contributed by atoms with E-state index in [1.54, 1.807) is 17.9 Å². The maximum absolute atomic E-state index is 12.0. The van der Waals surface area contributed by atoms with Gasteiger partial charge in [-0.2, -0.15) is 5.26 Å². The van der Waals surface area contributed by atoms with Crippen molar-refractivity contribution < 1.29 is 9.59 Å². The summed E-state index contributed by atoms with van der Waals surface area (Å²) in [5.74, 6) is -0.731. The Balaban J connectivity index is 2.44. The van der Waals surface area contributed by atoms with Crippen LogP contribution in [0.4, 0.5) is 0 Å². The van der Waals surface area contributed by atoms with Gasteiger partial charge in [0.25, 0.3) is 0 Å². The topological polar surface area (TPSA) is 73.2 Å².